The zero-order chi connectivity index (χ0) is 17.1. The SMILES string of the molecule is Cc1occc1C(=O)NC1CCN(C(=O)C[C@@H]2CCC[C@H]2N)CC1.Cl. The van der Waals surface area contributed by atoms with Gasteiger partial charge >= 0.3 is 0 Å². The zero-order valence-electron chi connectivity index (χ0n) is 14.7. The highest BCUT2D eigenvalue weighted by molar-refractivity contribution is 5.95. The maximum absolute atomic E-state index is 12.4. The van der Waals surface area contributed by atoms with Gasteiger partial charge in [-0.1, -0.05) is 6.42 Å². The average molecular weight is 370 g/mol. The van der Waals surface area contributed by atoms with Crippen LogP contribution in [0.5, 0.6) is 0 Å². The predicted octanol–water partition coefficient (Wildman–Crippen LogP) is 2.25. The molecule has 2 amide bonds. The Bertz CT molecular complexity index is 596. The molecule has 1 aromatic rings. The Kier molecular flexibility index (Phi) is 6.90. The van der Waals surface area contributed by atoms with E-state index >= 15 is 0 Å². The largest absolute Gasteiger partial charge is 0.469 e. The summed E-state index contributed by atoms with van der Waals surface area (Å²) in [5, 5.41) is 3.04. The summed E-state index contributed by atoms with van der Waals surface area (Å²) < 4.78 is 5.17. The van der Waals surface area contributed by atoms with Crippen molar-refractivity contribution in [3.05, 3.63) is 23.7 Å². The van der Waals surface area contributed by atoms with Crippen molar-refractivity contribution in [1.82, 2.24) is 10.2 Å². The molecule has 0 radical (unpaired) electrons. The molecule has 0 spiro atoms. The van der Waals surface area contributed by atoms with Crippen LogP contribution in [0.3, 0.4) is 0 Å². The molecule has 2 fully saturated rings. The summed E-state index contributed by atoms with van der Waals surface area (Å²) in [6, 6.07) is 1.99. The maximum atomic E-state index is 12.4. The summed E-state index contributed by atoms with van der Waals surface area (Å²) in [5.74, 6) is 1.10. The Morgan fingerprint density at radius 3 is 2.56 bits per heavy atom. The fourth-order valence-corrected chi connectivity index (χ4v) is 3.83. The van der Waals surface area contributed by atoms with E-state index in [1.54, 1.807) is 13.0 Å². The van der Waals surface area contributed by atoms with Crippen LogP contribution in [0.2, 0.25) is 0 Å². The smallest absolute Gasteiger partial charge is 0.255 e. The molecule has 7 heteroatoms. The fourth-order valence-electron chi connectivity index (χ4n) is 3.83. The topological polar surface area (TPSA) is 88.6 Å². The molecule has 0 bridgehead atoms. The molecule has 1 saturated heterocycles. The van der Waals surface area contributed by atoms with Gasteiger partial charge in [-0.2, -0.15) is 0 Å². The molecular weight excluding hydrogens is 342 g/mol. The average Bonchev–Trinajstić information content (AvgIpc) is 3.17. The third kappa shape index (κ3) is 4.76. The lowest BCUT2D eigenvalue weighted by atomic mass is 9.98. The van der Waals surface area contributed by atoms with Gasteiger partial charge in [0.2, 0.25) is 5.91 Å². The van der Waals surface area contributed by atoms with Crippen molar-refractivity contribution < 1.29 is 14.0 Å². The second-order valence-electron chi connectivity index (χ2n) is 7.08. The lowest BCUT2D eigenvalue weighted by molar-refractivity contribution is -0.133. The number of likely N-dealkylation sites (tertiary alicyclic amines) is 1. The van der Waals surface area contributed by atoms with Crippen LogP contribution in [0.1, 0.15) is 54.6 Å². The van der Waals surface area contributed by atoms with E-state index in [1.807, 2.05) is 4.90 Å². The van der Waals surface area contributed by atoms with Crippen LogP contribution in [0.15, 0.2) is 16.7 Å². The molecule has 3 rings (SSSR count). The first-order valence-corrected chi connectivity index (χ1v) is 8.93. The zero-order valence-corrected chi connectivity index (χ0v) is 15.5. The van der Waals surface area contributed by atoms with E-state index in [2.05, 4.69) is 5.32 Å². The molecule has 1 aliphatic carbocycles. The molecule has 3 N–H and O–H groups in total. The Balaban J connectivity index is 0.00000225. The summed E-state index contributed by atoms with van der Waals surface area (Å²) in [7, 11) is 0. The molecule has 1 aromatic heterocycles. The van der Waals surface area contributed by atoms with E-state index in [4.69, 9.17) is 10.2 Å². The van der Waals surface area contributed by atoms with Crippen LogP contribution < -0.4 is 11.1 Å². The number of hydrogen-bond acceptors (Lipinski definition) is 4. The minimum atomic E-state index is -0.0945. The van der Waals surface area contributed by atoms with Crippen LogP contribution in [-0.4, -0.2) is 41.9 Å². The Hall–Kier alpha value is -1.53. The number of nitrogens with zero attached hydrogens (tertiary/aromatic N) is 1. The van der Waals surface area contributed by atoms with Crippen molar-refractivity contribution in [2.75, 3.05) is 13.1 Å². The van der Waals surface area contributed by atoms with Gasteiger partial charge in [0.05, 0.1) is 11.8 Å². The minimum Gasteiger partial charge on any atom is -0.469 e. The standard InChI is InChI=1S/C18H27N3O3.ClH/c1-12-15(7-10-24-12)18(23)20-14-5-8-21(9-6-14)17(22)11-13-3-2-4-16(13)19;/h7,10,13-14,16H,2-6,8-9,11,19H2,1H3,(H,20,23);1H/t13-,16+;/m0./s1. The number of furan rings is 1. The van der Waals surface area contributed by atoms with Crippen LogP contribution >= 0.6 is 12.4 Å². The number of carbonyl (C=O) groups excluding carboxylic acids is 2. The van der Waals surface area contributed by atoms with E-state index in [0.29, 0.717) is 36.8 Å². The van der Waals surface area contributed by atoms with Gasteiger partial charge in [0, 0.05) is 31.6 Å². The number of hydrogen-bond donors (Lipinski definition) is 2. The third-order valence-corrected chi connectivity index (χ3v) is 5.44. The van der Waals surface area contributed by atoms with E-state index in [-0.39, 0.29) is 36.3 Å². The highest BCUT2D eigenvalue weighted by Crippen LogP contribution is 2.28. The first-order valence-electron chi connectivity index (χ1n) is 8.93. The van der Waals surface area contributed by atoms with Crippen LogP contribution in [-0.2, 0) is 4.79 Å². The maximum Gasteiger partial charge on any atom is 0.255 e. The highest BCUT2D eigenvalue weighted by atomic mass is 35.5. The van der Waals surface area contributed by atoms with Crippen LogP contribution in [0.4, 0.5) is 0 Å². The van der Waals surface area contributed by atoms with Crippen LogP contribution in [0, 0.1) is 12.8 Å². The summed E-state index contributed by atoms with van der Waals surface area (Å²) in [5.41, 5.74) is 6.65. The van der Waals surface area contributed by atoms with Gasteiger partial charge in [-0.15, -0.1) is 12.4 Å². The Labute approximate surface area is 154 Å². The molecule has 1 saturated carbocycles. The number of halogens is 1. The van der Waals surface area contributed by atoms with Crippen molar-refractivity contribution in [2.45, 2.75) is 57.5 Å². The monoisotopic (exact) mass is 369 g/mol. The second-order valence-corrected chi connectivity index (χ2v) is 7.08. The summed E-state index contributed by atoms with van der Waals surface area (Å²) in [4.78, 5) is 26.6. The predicted molar refractivity (Wildman–Crippen MR) is 97.7 cm³/mol. The lowest BCUT2D eigenvalue weighted by Crippen LogP contribution is -2.47. The number of amides is 2. The van der Waals surface area contributed by atoms with Crippen molar-refractivity contribution in [2.24, 2.45) is 11.7 Å². The molecule has 2 atom stereocenters. The number of carbonyl (C=O) groups is 2. The van der Waals surface area contributed by atoms with Crippen molar-refractivity contribution in [3.63, 3.8) is 0 Å². The van der Waals surface area contributed by atoms with Crippen molar-refractivity contribution >= 4 is 24.2 Å². The molecule has 1 aliphatic heterocycles. The first kappa shape index (κ1) is 19.8. The number of rotatable bonds is 4. The normalized spacial score (nSPS) is 24.0. The Morgan fingerprint density at radius 1 is 1.28 bits per heavy atom. The number of piperidine rings is 1. The summed E-state index contributed by atoms with van der Waals surface area (Å²) in [6.07, 6.45) is 6.95. The molecule has 0 unspecified atom stereocenters. The first-order chi connectivity index (χ1) is 11.5. The van der Waals surface area contributed by atoms with E-state index in [9.17, 15) is 9.59 Å². The van der Waals surface area contributed by atoms with Gasteiger partial charge in [0.1, 0.15) is 5.76 Å². The summed E-state index contributed by atoms with van der Waals surface area (Å²) in [6.45, 7) is 3.19. The highest BCUT2D eigenvalue weighted by Gasteiger charge is 2.30. The van der Waals surface area contributed by atoms with Gasteiger partial charge in [-0.25, -0.2) is 0 Å². The minimum absolute atomic E-state index is 0. The van der Waals surface area contributed by atoms with Crippen molar-refractivity contribution in [1.29, 1.82) is 0 Å². The van der Waals surface area contributed by atoms with E-state index < -0.39 is 0 Å². The molecule has 25 heavy (non-hydrogen) atoms. The van der Waals surface area contributed by atoms with E-state index in [1.165, 1.54) is 6.26 Å². The molecule has 140 valence electrons. The number of nitrogens with one attached hydrogen (secondary N) is 1. The fraction of sp³-hybridized carbons (Fsp3) is 0.667. The van der Waals surface area contributed by atoms with E-state index in [0.717, 1.165) is 32.1 Å². The molecule has 0 aromatic carbocycles. The second kappa shape index (κ2) is 8.72. The lowest BCUT2D eigenvalue weighted by Gasteiger charge is -2.33. The molecular formula is C18H28ClN3O3. The molecule has 2 heterocycles. The number of aryl methyl sites for hydroxylation is 1. The summed E-state index contributed by atoms with van der Waals surface area (Å²) >= 11 is 0. The third-order valence-electron chi connectivity index (χ3n) is 5.44. The molecule has 6 nitrogen and oxygen atoms in total. The van der Waals surface area contributed by atoms with Gasteiger partial charge < -0.3 is 20.4 Å². The van der Waals surface area contributed by atoms with Crippen LogP contribution in [0.25, 0.3) is 0 Å². The number of nitrogens with two attached hydrogens (primary N) is 1. The van der Waals surface area contributed by atoms with Gasteiger partial charge in [0.15, 0.2) is 0 Å². The van der Waals surface area contributed by atoms with Gasteiger partial charge in [0.25, 0.3) is 5.91 Å². The Morgan fingerprint density at radius 2 is 2.00 bits per heavy atom. The van der Waals surface area contributed by atoms with Gasteiger partial charge in [-0.05, 0) is 44.6 Å². The van der Waals surface area contributed by atoms with Crippen molar-refractivity contribution in [3.8, 4) is 0 Å². The quantitative estimate of drug-likeness (QED) is 0.851. The molecule has 2 aliphatic rings. The van der Waals surface area contributed by atoms with Gasteiger partial charge in [-0.3, -0.25) is 9.59 Å².